The molecule has 2 saturated heterocycles. The van der Waals surface area contributed by atoms with E-state index in [2.05, 4.69) is 11.8 Å². The van der Waals surface area contributed by atoms with Crippen molar-refractivity contribution in [1.82, 2.24) is 0 Å². The molecule has 0 radical (unpaired) electrons. The van der Waals surface area contributed by atoms with Crippen molar-refractivity contribution in [1.29, 1.82) is 0 Å². The molecule has 0 aromatic heterocycles. The van der Waals surface area contributed by atoms with Crippen LogP contribution in [0.25, 0.3) is 0 Å². The predicted octanol–water partition coefficient (Wildman–Crippen LogP) is -2.32. The Bertz CT molecular complexity index is 368. The minimum absolute atomic E-state index is 0. The van der Waals surface area contributed by atoms with Gasteiger partial charge in [-0.05, 0) is 44.4 Å². The molecule has 0 amide bonds. The Morgan fingerprint density at radius 3 is 2.67 bits per heavy atom. The van der Waals surface area contributed by atoms with Gasteiger partial charge in [0.1, 0.15) is 0 Å². The Morgan fingerprint density at radius 2 is 1.92 bits per heavy atom. The zero-order chi connectivity index (χ0) is 16.7. The summed E-state index contributed by atoms with van der Waals surface area (Å²) in [6, 6.07) is 0. The Labute approximate surface area is 165 Å². The van der Waals surface area contributed by atoms with Gasteiger partial charge >= 0.3 is 29.6 Å². The van der Waals surface area contributed by atoms with E-state index in [-0.39, 0.29) is 54.3 Å². The Balaban J connectivity index is 0.00000288. The largest absolute Gasteiger partial charge is 1.00 e. The molecule has 0 aromatic rings. The van der Waals surface area contributed by atoms with Gasteiger partial charge in [0.25, 0.3) is 5.97 Å². The number of hydrogen-bond donors (Lipinski definition) is 1. The first-order valence-electron chi connectivity index (χ1n) is 8.48. The van der Waals surface area contributed by atoms with Gasteiger partial charge in [-0.25, -0.2) is 0 Å². The van der Waals surface area contributed by atoms with Crippen LogP contribution in [0.2, 0.25) is 0 Å². The van der Waals surface area contributed by atoms with E-state index >= 15 is 0 Å². The van der Waals surface area contributed by atoms with Gasteiger partial charge in [0, 0.05) is 6.42 Å². The van der Waals surface area contributed by atoms with E-state index in [1.54, 1.807) is 0 Å². The van der Waals surface area contributed by atoms with E-state index < -0.39 is 12.3 Å². The van der Waals surface area contributed by atoms with E-state index in [0.29, 0.717) is 32.0 Å². The van der Waals surface area contributed by atoms with Gasteiger partial charge in [0.05, 0.1) is 31.5 Å². The SMILES string of the molecule is CC1CCC(O)OC1COCC1CCCC(CCC(=O)O[O-])O1.[Na+]. The molecule has 2 aliphatic heterocycles. The fourth-order valence-electron chi connectivity index (χ4n) is 3.15. The average molecular weight is 354 g/mol. The van der Waals surface area contributed by atoms with Crippen LogP contribution in [0.15, 0.2) is 0 Å². The van der Waals surface area contributed by atoms with Crippen molar-refractivity contribution in [3.05, 3.63) is 0 Å². The van der Waals surface area contributed by atoms with Crippen LogP contribution in [0.1, 0.15) is 51.9 Å². The van der Waals surface area contributed by atoms with E-state index in [9.17, 15) is 15.2 Å². The van der Waals surface area contributed by atoms with Crippen molar-refractivity contribution in [2.45, 2.75) is 76.5 Å². The molecule has 7 nitrogen and oxygen atoms in total. The van der Waals surface area contributed by atoms with Gasteiger partial charge in [-0.2, -0.15) is 0 Å². The number of rotatable bonds is 7. The molecule has 0 saturated carbocycles. The number of aliphatic hydroxyl groups excluding tert-OH is 1. The van der Waals surface area contributed by atoms with Crippen molar-refractivity contribution in [3.63, 3.8) is 0 Å². The summed E-state index contributed by atoms with van der Waals surface area (Å²) < 4.78 is 17.1. The molecule has 8 heteroatoms. The van der Waals surface area contributed by atoms with Crippen LogP contribution in [0.3, 0.4) is 0 Å². The van der Waals surface area contributed by atoms with Gasteiger partial charge in [0.15, 0.2) is 6.29 Å². The summed E-state index contributed by atoms with van der Waals surface area (Å²) in [5, 5.41) is 19.5. The molecule has 2 fully saturated rings. The normalized spacial score (nSPS) is 33.5. The zero-order valence-electron chi connectivity index (χ0n) is 14.6. The molecule has 5 unspecified atom stereocenters. The molecule has 0 aromatic carbocycles. The first-order valence-corrected chi connectivity index (χ1v) is 8.48. The van der Waals surface area contributed by atoms with Crippen molar-refractivity contribution < 1.29 is 63.8 Å². The monoisotopic (exact) mass is 354 g/mol. The van der Waals surface area contributed by atoms with Crippen LogP contribution in [0.5, 0.6) is 0 Å². The predicted molar refractivity (Wildman–Crippen MR) is 77.9 cm³/mol. The topological polar surface area (TPSA) is 97.3 Å². The van der Waals surface area contributed by atoms with E-state index in [4.69, 9.17) is 14.2 Å². The molecule has 24 heavy (non-hydrogen) atoms. The second-order valence-corrected chi connectivity index (χ2v) is 6.53. The zero-order valence-corrected chi connectivity index (χ0v) is 16.6. The molecule has 0 spiro atoms. The maximum atomic E-state index is 10.9. The number of carbonyl (C=O) groups excluding carboxylic acids is 1. The van der Waals surface area contributed by atoms with Crippen LogP contribution in [0, 0.1) is 5.92 Å². The summed E-state index contributed by atoms with van der Waals surface area (Å²) in [7, 11) is 0. The van der Waals surface area contributed by atoms with Crippen molar-refractivity contribution in [2.24, 2.45) is 5.92 Å². The minimum Gasteiger partial charge on any atom is -0.662 e. The van der Waals surface area contributed by atoms with Crippen molar-refractivity contribution in [2.75, 3.05) is 13.2 Å². The first-order chi connectivity index (χ1) is 11.1. The summed E-state index contributed by atoms with van der Waals surface area (Å²) in [6.45, 7) is 3.03. The maximum absolute atomic E-state index is 10.9. The van der Waals surface area contributed by atoms with Gasteiger partial charge in [-0.15, -0.1) is 0 Å². The van der Waals surface area contributed by atoms with Gasteiger partial charge in [-0.1, -0.05) is 6.92 Å². The van der Waals surface area contributed by atoms with Crippen LogP contribution in [0.4, 0.5) is 0 Å². The quantitative estimate of drug-likeness (QED) is 0.311. The van der Waals surface area contributed by atoms with Crippen LogP contribution >= 0.6 is 0 Å². The molecule has 0 aliphatic carbocycles. The summed E-state index contributed by atoms with van der Waals surface area (Å²) in [5.41, 5.74) is 0. The first kappa shape index (κ1) is 22.3. The third-order valence-electron chi connectivity index (χ3n) is 4.62. The van der Waals surface area contributed by atoms with E-state index in [1.807, 2.05) is 0 Å². The molecule has 2 aliphatic rings. The summed E-state index contributed by atoms with van der Waals surface area (Å²) in [6.07, 6.45) is 4.25. The third kappa shape index (κ3) is 7.66. The average Bonchev–Trinajstić information content (AvgIpc) is 2.56. The number of ether oxygens (including phenoxy) is 3. The molecule has 1 N–H and O–H groups in total. The fourth-order valence-corrected chi connectivity index (χ4v) is 3.15. The van der Waals surface area contributed by atoms with E-state index in [0.717, 1.165) is 25.7 Å². The van der Waals surface area contributed by atoms with E-state index in [1.165, 1.54) is 0 Å². The Morgan fingerprint density at radius 1 is 1.17 bits per heavy atom. The number of aliphatic hydroxyl groups is 1. The molecule has 0 bridgehead atoms. The molecule has 134 valence electrons. The standard InChI is InChI=1S/C16H28O7.Na/c1-11-5-7-15(17)22-14(11)10-20-9-13-4-2-3-12(21-13)6-8-16(18)23-19;/h11-15,17,19H,2-10H2,1H3;/q;+1/p-1. The molecule has 2 heterocycles. The second kappa shape index (κ2) is 11.8. The second-order valence-electron chi connectivity index (χ2n) is 6.53. The molecular formula is C16H27NaO7. The minimum atomic E-state index is -0.742. The fraction of sp³-hybridized carbons (Fsp3) is 0.938. The van der Waals surface area contributed by atoms with Gasteiger partial charge in [0.2, 0.25) is 0 Å². The number of hydrogen-bond acceptors (Lipinski definition) is 7. The van der Waals surface area contributed by atoms with Crippen molar-refractivity contribution >= 4 is 5.97 Å². The molecular weight excluding hydrogens is 327 g/mol. The van der Waals surface area contributed by atoms with Crippen LogP contribution in [-0.4, -0.2) is 48.9 Å². The van der Waals surface area contributed by atoms with Crippen LogP contribution in [-0.2, 0) is 23.9 Å². The maximum Gasteiger partial charge on any atom is 1.00 e. The van der Waals surface area contributed by atoms with Crippen LogP contribution < -0.4 is 34.8 Å². The van der Waals surface area contributed by atoms with Crippen molar-refractivity contribution in [3.8, 4) is 0 Å². The smallest absolute Gasteiger partial charge is 0.662 e. The van der Waals surface area contributed by atoms with Gasteiger partial charge in [-0.3, -0.25) is 4.79 Å². The molecule has 2 rings (SSSR count). The Kier molecular flexibility index (Phi) is 11.0. The Hall–Kier alpha value is 0.270. The summed E-state index contributed by atoms with van der Waals surface area (Å²) >= 11 is 0. The summed E-state index contributed by atoms with van der Waals surface area (Å²) in [4.78, 5) is 14.3. The molecule has 5 atom stereocenters. The third-order valence-corrected chi connectivity index (χ3v) is 4.62. The summed E-state index contributed by atoms with van der Waals surface area (Å²) in [5.74, 6) is -0.370. The van der Waals surface area contributed by atoms with Gasteiger partial charge < -0.3 is 29.5 Å². The number of carbonyl (C=O) groups is 1.